The molecule has 0 aliphatic rings. The van der Waals surface area contributed by atoms with Gasteiger partial charge in [-0.15, -0.1) is 11.3 Å². The van der Waals surface area contributed by atoms with Gasteiger partial charge < -0.3 is 0 Å². The second-order valence-electron chi connectivity index (χ2n) is 3.79. The molecule has 4 nitrogen and oxygen atoms in total. The minimum atomic E-state index is 0.411. The highest BCUT2D eigenvalue weighted by molar-refractivity contribution is 7.18. The number of hydrogen-bond acceptors (Lipinski definition) is 5. The second-order valence-corrected chi connectivity index (χ2v) is 4.82. The van der Waals surface area contributed by atoms with E-state index in [1.165, 1.54) is 11.3 Å². The van der Waals surface area contributed by atoms with Gasteiger partial charge in [0.15, 0.2) is 0 Å². The minimum Gasteiger partial charge on any atom is -0.264 e. The maximum absolute atomic E-state index is 8.86. The van der Waals surface area contributed by atoms with Gasteiger partial charge in [0.05, 0.1) is 10.6 Å². The van der Waals surface area contributed by atoms with E-state index in [0.29, 0.717) is 5.69 Å². The van der Waals surface area contributed by atoms with Crippen LogP contribution in [0.5, 0.6) is 0 Å². The Hall–Kier alpha value is -2.58. The average Bonchev–Trinajstić information content (AvgIpc) is 2.98. The summed E-state index contributed by atoms with van der Waals surface area (Å²) < 4.78 is 0. The highest BCUT2D eigenvalue weighted by Crippen LogP contribution is 2.30. The van der Waals surface area contributed by atoms with Gasteiger partial charge in [0.1, 0.15) is 16.8 Å². The molecule has 0 saturated carbocycles. The molecule has 0 spiro atoms. The molecule has 0 radical (unpaired) electrons. The lowest BCUT2D eigenvalue weighted by atomic mass is 10.3. The van der Waals surface area contributed by atoms with Gasteiger partial charge in [-0.3, -0.25) is 4.98 Å². The van der Waals surface area contributed by atoms with Gasteiger partial charge >= 0.3 is 0 Å². The molecule has 0 unspecified atom stereocenters. The Morgan fingerprint density at radius 2 is 2.05 bits per heavy atom. The predicted molar refractivity (Wildman–Crippen MR) is 73.3 cm³/mol. The van der Waals surface area contributed by atoms with Crippen LogP contribution >= 0.6 is 11.3 Å². The van der Waals surface area contributed by atoms with Crippen molar-refractivity contribution in [1.82, 2.24) is 15.0 Å². The molecular formula is C14H8N4S. The Morgan fingerprint density at radius 1 is 1.11 bits per heavy atom. The van der Waals surface area contributed by atoms with E-state index < -0.39 is 0 Å². The van der Waals surface area contributed by atoms with Gasteiger partial charge in [-0.2, -0.15) is 5.26 Å². The highest BCUT2D eigenvalue weighted by Gasteiger charge is 2.08. The van der Waals surface area contributed by atoms with Crippen molar-refractivity contribution in [3.8, 4) is 27.2 Å². The first-order chi connectivity index (χ1) is 9.36. The number of nitrogens with zero attached hydrogens (tertiary/aromatic N) is 4. The quantitative estimate of drug-likeness (QED) is 0.713. The van der Waals surface area contributed by atoms with Crippen LogP contribution in [0.1, 0.15) is 5.69 Å². The zero-order chi connectivity index (χ0) is 13.1. The third kappa shape index (κ3) is 2.34. The summed E-state index contributed by atoms with van der Waals surface area (Å²) in [6.45, 7) is 0. The standard InChI is InChI=1S/C14H8N4S/c15-7-11-4-1-5-12(18-11)13-9-17-14(19-13)10-3-2-6-16-8-10/h1-6,8-9H. The largest absolute Gasteiger partial charge is 0.264 e. The summed E-state index contributed by atoms with van der Waals surface area (Å²) in [5.74, 6) is 0. The van der Waals surface area contributed by atoms with Crippen LogP contribution in [0.25, 0.3) is 21.1 Å². The molecule has 19 heavy (non-hydrogen) atoms. The fourth-order valence-electron chi connectivity index (χ4n) is 1.65. The molecule has 5 heteroatoms. The van der Waals surface area contributed by atoms with Gasteiger partial charge in [-0.1, -0.05) is 6.07 Å². The summed E-state index contributed by atoms with van der Waals surface area (Å²) in [6, 6.07) is 11.3. The van der Waals surface area contributed by atoms with Crippen molar-refractivity contribution in [2.75, 3.05) is 0 Å². The summed E-state index contributed by atoms with van der Waals surface area (Å²) in [7, 11) is 0. The third-order valence-electron chi connectivity index (χ3n) is 2.53. The number of thiazole rings is 1. The fraction of sp³-hybridized carbons (Fsp3) is 0. The summed E-state index contributed by atoms with van der Waals surface area (Å²) in [5, 5.41) is 9.75. The van der Waals surface area contributed by atoms with Crippen molar-refractivity contribution in [2.24, 2.45) is 0 Å². The van der Waals surface area contributed by atoms with Gasteiger partial charge in [-0.25, -0.2) is 9.97 Å². The van der Waals surface area contributed by atoms with Crippen molar-refractivity contribution in [3.05, 3.63) is 54.6 Å². The number of pyridine rings is 2. The molecule has 3 aromatic rings. The number of aromatic nitrogens is 3. The molecular weight excluding hydrogens is 256 g/mol. The summed E-state index contributed by atoms with van der Waals surface area (Å²) >= 11 is 1.54. The van der Waals surface area contributed by atoms with E-state index in [9.17, 15) is 0 Å². The molecule has 3 aromatic heterocycles. The van der Waals surface area contributed by atoms with Crippen LogP contribution < -0.4 is 0 Å². The molecule has 0 atom stereocenters. The lowest BCUT2D eigenvalue weighted by Crippen LogP contribution is -1.84. The van der Waals surface area contributed by atoms with E-state index in [1.54, 1.807) is 24.7 Å². The number of rotatable bonds is 2. The van der Waals surface area contributed by atoms with Crippen LogP contribution in [0.3, 0.4) is 0 Å². The van der Waals surface area contributed by atoms with Gasteiger partial charge in [0.2, 0.25) is 0 Å². The van der Waals surface area contributed by atoms with Crippen molar-refractivity contribution in [2.45, 2.75) is 0 Å². The molecule has 0 saturated heterocycles. The van der Waals surface area contributed by atoms with Gasteiger partial charge in [0, 0.05) is 24.2 Å². The molecule has 0 amide bonds. The van der Waals surface area contributed by atoms with Crippen LogP contribution in [-0.2, 0) is 0 Å². The average molecular weight is 264 g/mol. The first kappa shape index (κ1) is 11.5. The van der Waals surface area contributed by atoms with E-state index in [-0.39, 0.29) is 0 Å². The molecule has 0 aliphatic heterocycles. The predicted octanol–water partition coefficient (Wildman–Crippen LogP) is 3.14. The molecule has 90 valence electrons. The maximum atomic E-state index is 8.86. The summed E-state index contributed by atoms with van der Waals surface area (Å²) in [6.07, 6.45) is 5.29. The monoisotopic (exact) mass is 264 g/mol. The lowest BCUT2D eigenvalue weighted by Gasteiger charge is -1.95. The first-order valence-corrected chi connectivity index (χ1v) is 6.42. The molecule has 0 N–H and O–H groups in total. The Kier molecular flexibility index (Phi) is 3.01. The van der Waals surface area contributed by atoms with E-state index in [0.717, 1.165) is 21.1 Å². The SMILES string of the molecule is N#Cc1cccc(-c2cnc(-c3cccnc3)s2)n1. The zero-order valence-corrected chi connectivity index (χ0v) is 10.6. The van der Waals surface area contributed by atoms with E-state index >= 15 is 0 Å². The van der Waals surface area contributed by atoms with E-state index in [1.807, 2.05) is 30.3 Å². The topological polar surface area (TPSA) is 62.5 Å². The van der Waals surface area contributed by atoms with E-state index in [2.05, 4.69) is 15.0 Å². The molecule has 3 heterocycles. The highest BCUT2D eigenvalue weighted by atomic mass is 32.1. The number of nitriles is 1. The van der Waals surface area contributed by atoms with Crippen LogP contribution in [0, 0.1) is 11.3 Å². The minimum absolute atomic E-state index is 0.411. The Morgan fingerprint density at radius 3 is 2.84 bits per heavy atom. The van der Waals surface area contributed by atoms with Gasteiger partial charge in [0.25, 0.3) is 0 Å². The van der Waals surface area contributed by atoms with Gasteiger partial charge in [-0.05, 0) is 24.3 Å². The third-order valence-corrected chi connectivity index (χ3v) is 3.60. The van der Waals surface area contributed by atoms with Crippen molar-refractivity contribution in [1.29, 1.82) is 5.26 Å². The lowest BCUT2D eigenvalue weighted by molar-refractivity contribution is 1.27. The first-order valence-electron chi connectivity index (χ1n) is 5.60. The fourth-order valence-corrected chi connectivity index (χ4v) is 2.53. The summed E-state index contributed by atoms with van der Waals surface area (Å²) in [5.41, 5.74) is 2.16. The second kappa shape index (κ2) is 4.96. The Labute approximate surface area is 114 Å². The molecule has 0 aromatic carbocycles. The van der Waals surface area contributed by atoms with Crippen molar-refractivity contribution < 1.29 is 0 Å². The van der Waals surface area contributed by atoms with Crippen LogP contribution in [-0.4, -0.2) is 15.0 Å². The Bertz CT molecular complexity index is 743. The smallest absolute Gasteiger partial charge is 0.141 e. The normalized spacial score (nSPS) is 10.1. The maximum Gasteiger partial charge on any atom is 0.141 e. The zero-order valence-electron chi connectivity index (χ0n) is 9.82. The molecule has 0 bridgehead atoms. The van der Waals surface area contributed by atoms with E-state index in [4.69, 9.17) is 5.26 Å². The molecule has 0 aliphatic carbocycles. The summed E-state index contributed by atoms with van der Waals surface area (Å²) in [4.78, 5) is 13.7. The van der Waals surface area contributed by atoms with Crippen LogP contribution in [0.15, 0.2) is 48.9 Å². The Balaban J connectivity index is 2.00. The molecule has 3 rings (SSSR count). The van der Waals surface area contributed by atoms with Crippen molar-refractivity contribution in [3.63, 3.8) is 0 Å². The number of hydrogen-bond donors (Lipinski definition) is 0. The molecule has 0 fully saturated rings. The van der Waals surface area contributed by atoms with Crippen LogP contribution in [0.2, 0.25) is 0 Å². The van der Waals surface area contributed by atoms with Crippen molar-refractivity contribution >= 4 is 11.3 Å². The van der Waals surface area contributed by atoms with Crippen LogP contribution in [0.4, 0.5) is 0 Å².